The minimum Gasteiger partial charge on any atom is -0.508 e. The van der Waals surface area contributed by atoms with E-state index in [9.17, 15) is 10.2 Å². The molecule has 0 spiro atoms. The van der Waals surface area contributed by atoms with E-state index in [-0.39, 0.29) is 11.5 Å². The molecule has 4 rings (SSSR count). The Bertz CT molecular complexity index is 1000. The van der Waals surface area contributed by atoms with Crippen LogP contribution >= 0.6 is 0 Å². The highest BCUT2D eigenvalue weighted by Crippen LogP contribution is 2.39. The Morgan fingerprint density at radius 3 is 2.61 bits per heavy atom. The maximum atomic E-state index is 10.1. The van der Waals surface area contributed by atoms with Crippen LogP contribution in [0.5, 0.6) is 11.5 Å². The van der Waals surface area contributed by atoms with Gasteiger partial charge in [0.25, 0.3) is 0 Å². The summed E-state index contributed by atoms with van der Waals surface area (Å²) in [6, 6.07) is 14.1. The molecule has 0 aliphatic heterocycles. The predicted octanol–water partition coefficient (Wildman–Crippen LogP) is 3.97. The highest BCUT2D eigenvalue weighted by molar-refractivity contribution is 5.97. The fraction of sp³-hybridized carbons (Fsp3) is 0. The van der Waals surface area contributed by atoms with Crippen LogP contribution in [0.25, 0.3) is 33.4 Å². The molecule has 0 bridgehead atoms. The molecule has 2 aromatic heterocycles. The fourth-order valence-electron chi connectivity index (χ4n) is 2.66. The molecule has 112 valence electrons. The van der Waals surface area contributed by atoms with Crippen molar-refractivity contribution in [1.82, 2.24) is 10.1 Å². The van der Waals surface area contributed by atoms with Gasteiger partial charge in [-0.05, 0) is 18.2 Å². The molecule has 2 N–H and O–H groups in total. The Balaban J connectivity index is 1.96. The summed E-state index contributed by atoms with van der Waals surface area (Å²) in [6.45, 7) is 0. The third-order valence-electron chi connectivity index (χ3n) is 3.72. The van der Waals surface area contributed by atoms with Crippen LogP contribution in [0.4, 0.5) is 0 Å². The lowest BCUT2D eigenvalue weighted by Gasteiger charge is -2.07. The van der Waals surface area contributed by atoms with Crippen LogP contribution in [0, 0.1) is 0 Å². The lowest BCUT2D eigenvalue weighted by molar-refractivity contribution is 0.424. The molecule has 23 heavy (non-hydrogen) atoms. The average Bonchev–Trinajstić information content (AvgIpc) is 3.03. The molecule has 0 amide bonds. The van der Waals surface area contributed by atoms with Gasteiger partial charge in [0.2, 0.25) is 0 Å². The number of pyridine rings is 1. The number of aromatic hydroxyl groups is 2. The molecule has 0 radical (unpaired) electrons. The van der Waals surface area contributed by atoms with Gasteiger partial charge < -0.3 is 14.7 Å². The van der Waals surface area contributed by atoms with E-state index in [1.165, 1.54) is 12.1 Å². The zero-order valence-corrected chi connectivity index (χ0v) is 12.0. The minimum absolute atomic E-state index is 0.0147. The standard InChI is InChI=1S/C18H12N2O3/c21-12-6-7-14(16(22)9-12)18-15(10-20-23-18)13-5-1-3-11-4-2-8-19-17(11)13/h1-10,21-22H. The molecule has 0 saturated carbocycles. The summed E-state index contributed by atoms with van der Waals surface area (Å²) >= 11 is 0. The van der Waals surface area contributed by atoms with Crippen LogP contribution in [0.1, 0.15) is 0 Å². The van der Waals surface area contributed by atoms with Gasteiger partial charge in [-0.3, -0.25) is 4.98 Å². The van der Waals surface area contributed by atoms with Crippen LogP contribution in [0.2, 0.25) is 0 Å². The van der Waals surface area contributed by atoms with Crippen molar-refractivity contribution in [2.45, 2.75) is 0 Å². The second-order valence-electron chi connectivity index (χ2n) is 5.15. The van der Waals surface area contributed by atoms with E-state index in [4.69, 9.17) is 4.52 Å². The van der Waals surface area contributed by atoms with Crippen molar-refractivity contribution in [2.75, 3.05) is 0 Å². The normalized spacial score (nSPS) is 11.0. The Labute approximate surface area is 131 Å². The number of rotatable bonds is 2. The summed E-state index contributed by atoms with van der Waals surface area (Å²) < 4.78 is 5.36. The molecule has 2 heterocycles. The number of fused-ring (bicyclic) bond motifs is 1. The number of hydrogen-bond acceptors (Lipinski definition) is 5. The summed E-state index contributed by atoms with van der Waals surface area (Å²) in [5, 5.41) is 24.4. The SMILES string of the molecule is Oc1ccc(-c2oncc2-c2cccc3cccnc23)c(O)c1. The molecule has 0 fully saturated rings. The first-order valence-electron chi connectivity index (χ1n) is 7.05. The molecule has 4 aromatic rings. The third kappa shape index (κ3) is 2.19. The second kappa shape index (κ2) is 5.14. The van der Waals surface area contributed by atoms with Crippen molar-refractivity contribution in [3.05, 3.63) is 60.9 Å². The summed E-state index contributed by atoms with van der Waals surface area (Å²) in [4.78, 5) is 4.44. The van der Waals surface area contributed by atoms with Crippen molar-refractivity contribution in [1.29, 1.82) is 0 Å². The van der Waals surface area contributed by atoms with E-state index in [1.54, 1.807) is 18.5 Å². The Kier molecular flexibility index (Phi) is 2.98. The van der Waals surface area contributed by atoms with Gasteiger partial charge in [-0.15, -0.1) is 0 Å². The van der Waals surface area contributed by atoms with Gasteiger partial charge in [0.05, 0.1) is 22.8 Å². The van der Waals surface area contributed by atoms with Crippen molar-refractivity contribution >= 4 is 10.9 Å². The van der Waals surface area contributed by atoms with Crippen molar-refractivity contribution in [2.24, 2.45) is 0 Å². The van der Waals surface area contributed by atoms with Crippen LogP contribution in [0.3, 0.4) is 0 Å². The average molecular weight is 304 g/mol. The highest BCUT2D eigenvalue weighted by Gasteiger charge is 2.18. The van der Waals surface area contributed by atoms with E-state index in [0.29, 0.717) is 11.3 Å². The van der Waals surface area contributed by atoms with E-state index in [0.717, 1.165) is 22.0 Å². The first-order valence-corrected chi connectivity index (χ1v) is 7.05. The number of nitrogens with zero attached hydrogens (tertiary/aromatic N) is 2. The molecule has 0 aliphatic rings. The van der Waals surface area contributed by atoms with Gasteiger partial charge in [0.1, 0.15) is 11.5 Å². The number of phenolic OH excluding ortho intramolecular Hbond substituents is 2. The Hall–Kier alpha value is -3.34. The first-order chi connectivity index (χ1) is 11.2. The van der Waals surface area contributed by atoms with Gasteiger partial charge in [-0.1, -0.05) is 29.4 Å². The van der Waals surface area contributed by atoms with Crippen molar-refractivity contribution in [3.63, 3.8) is 0 Å². The number of benzene rings is 2. The van der Waals surface area contributed by atoms with E-state index in [1.807, 2.05) is 30.3 Å². The molecular formula is C18H12N2O3. The predicted molar refractivity (Wildman–Crippen MR) is 86.0 cm³/mol. The number of hydrogen-bond donors (Lipinski definition) is 2. The lowest BCUT2D eigenvalue weighted by Crippen LogP contribution is -1.85. The quantitative estimate of drug-likeness (QED) is 0.586. The first kappa shape index (κ1) is 13.3. The lowest BCUT2D eigenvalue weighted by atomic mass is 9.99. The summed E-state index contributed by atoms with van der Waals surface area (Å²) in [5.41, 5.74) is 2.89. The zero-order chi connectivity index (χ0) is 15.8. The smallest absolute Gasteiger partial charge is 0.178 e. The van der Waals surface area contributed by atoms with Crippen molar-refractivity contribution < 1.29 is 14.7 Å². The third-order valence-corrected chi connectivity index (χ3v) is 3.72. The van der Waals surface area contributed by atoms with Gasteiger partial charge >= 0.3 is 0 Å². The number of para-hydroxylation sites is 1. The Morgan fingerprint density at radius 1 is 0.870 bits per heavy atom. The maximum absolute atomic E-state index is 10.1. The second-order valence-corrected chi connectivity index (χ2v) is 5.15. The number of phenols is 2. The zero-order valence-electron chi connectivity index (χ0n) is 12.0. The van der Waals surface area contributed by atoms with E-state index in [2.05, 4.69) is 10.1 Å². The highest BCUT2D eigenvalue weighted by atomic mass is 16.5. The van der Waals surface area contributed by atoms with Gasteiger partial charge in [-0.2, -0.15) is 0 Å². The minimum atomic E-state index is -0.0730. The molecule has 5 heteroatoms. The fourth-order valence-corrected chi connectivity index (χ4v) is 2.66. The summed E-state index contributed by atoms with van der Waals surface area (Å²) in [5.74, 6) is 0.344. The number of aromatic nitrogens is 2. The molecule has 5 nitrogen and oxygen atoms in total. The van der Waals surface area contributed by atoms with E-state index < -0.39 is 0 Å². The van der Waals surface area contributed by atoms with Crippen LogP contribution in [-0.2, 0) is 0 Å². The van der Waals surface area contributed by atoms with Gasteiger partial charge in [0.15, 0.2) is 5.76 Å². The van der Waals surface area contributed by atoms with Gasteiger partial charge in [0, 0.05) is 23.2 Å². The molecule has 0 aliphatic carbocycles. The molecule has 0 atom stereocenters. The van der Waals surface area contributed by atoms with Crippen LogP contribution < -0.4 is 0 Å². The topological polar surface area (TPSA) is 79.4 Å². The van der Waals surface area contributed by atoms with Crippen LogP contribution in [0.15, 0.2) is 65.4 Å². The molecule has 0 unspecified atom stereocenters. The monoisotopic (exact) mass is 304 g/mol. The molecule has 0 saturated heterocycles. The Morgan fingerprint density at radius 2 is 1.74 bits per heavy atom. The molecular weight excluding hydrogens is 292 g/mol. The molecule has 2 aromatic carbocycles. The summed E-state index contributed by atoms with van der Waals surface area (Å²) in [6.07, 6.45) is 3.34. The largest absolute Gasteiger partial charge is 0.508 e. The van der Waals surface area contributed by atoms with Gasteiger partial charge in [-0.25, -0.2) is 0 Å². The summed E-state index contributed by atoms with van der Waals surface area (Å²) in [7, 11) is 0. The van der Waals surface area contributed by atoms with Crippen molar-refractivity contribution in [3.8, 4) is 33.9 Å². The van der Waals surface area contributed by atoms with E-state index >= 15 is 0 Å². The maximum Gasteiger partial charge on any atom is 0.178 e. The van der Waals surface area contributed by atoms with Crippen LogP contribution in [-0.4, -0.2) is 20.4 Å².